The van der Waals surface area contributed by atoms with E-state index < -0.39 is 5.69 Å². The highest BCUT2D eigenvalue weighted by Crippen LogP contribution is 2.41. The number of aromatic amines is 1. The van der Waals surface area contributed by atoms with Gasteiger partial charge >= 0.3 is 5.69 Å². The van der Waals surface area contributed by atoms with Crippen LogP contribution in [0, 0.1) is 5.92 Å². The monoisotopic (exact) mass is 480 g/mol. The molecule has 35 heavy (non-hydrogen) atoms. The van der Waals surface area contributed by atoms with E-state index in [1.807, 2.05) is 51.1 Å². The maximum absolute atomic E-state index is 13.0. The Labute approximate surface area is 203 Å². The van der Waals surface area contributed by atoms with E-state index in [9.17, 15) is 19.8 Å². The number of benzene rings is 1. The van der Waals surface area contributed by atoms with Gasteiger partial charge in [0, 0.05) is 57.0 Å². The number of phenols is 2. The van der Waals surface area contributed by atoms with Gasteiger partial charge in [0.1, 0.15) is 17.2 Å². The van der Waals surface area contributed by atoms with Crippen LogP contribution in [0.3, 0.4) is 0 Å². The maximum atomic E-state index is 13.0. The molecule has 0 fully saturated rings. The zero-order valence-corrected chi connectivity index (χ0v) is 20.7. The molecule has 0 radical (unpaired) electrons. The normalized spacial score (nSPS) is 17.3. The molecular formula is C25H32N6O4. The molecule has 0 saturated carbocycles. The van der Waals surface area contributed by atoms with Gasteiger partial charge in [-0.05, 0) is 42.8 Å². The number of H-pyrrole nitrogens is 1. The standard InChI is InChI=1S/C25H32N6O4/c1-14(2)17-12-18(22(33)13-21(17)32)23-27-28-25(35)31(23)16-6-7-19-15(10-16)11-20(30(19)5)24(34)29(4)9-8-26-3/h6-7,11-15,26,32-33H,8-10H2,1-5H3,(H,28,35). The van der Waals surface area contributed by atoms with Crippen molar-refractivity contribution in [3.8, 4) is 22.9 Å². The third-order valence-electron chi connectivity index (χ3n) is 6.59. The third-order valence-corrected chi connectivity index (χ3v) is 6.59. The average Bonchev–Trinajstić information content (AvgIpc) is 3.36. The summed E-state index contributed by atoms with van der Waals surface area (Å²) in [6.07, 6.45) is 6.18. The van der Waals surface area contributed by atoms with Crippen molar-refractivity contribution in [1.29, 1.82) is 0 Å². The molecule has 1 aliphatic carbocycles. The van der Waals surface area contributed by atoms with Crippen molar-refractivity contribution in [1.82, 2.24) is 29.9 Å². The zero-order valence-electron chi connectivity index (χ0n) is 20.7. The van der Waals surface area contributed by atoms with Crippen LogP contribution in [-0.4, -0.2) is 74.9 Å². The molecule has 10 nitrogen and oxygen atoms in total. The molecule has 2 aromatic rings. The fourth-order valence-electron chi connectivity index (χ4n) is 4.59. The Morgan fingerprint density at radius 3 is 2.71 bits per heavy atom. The van der Waals surface area contributed by atoms with Crippen LogP contribution in [-0.2, 0) is 4.79 Å². The van der Waals surface area contributed by atoms with Gasteiger partial charge in [0.15, 0.2) is 5.82 Å². The number of nitrogens with one attached hydrogen (secondary N) is 2. The molecule has 1 amide bonds. The maximum Gasteiger partial charge on any atom is 0.347 e. The van der Waals surface area contributed by atoms with Gasteiger partial charge in [0.05, 0.1) is 5.56 Å². The van der Waals surface area contributed by atoms with Crippen LogP contribution in [0.15, 0.2) is 46.5 Å². The molecule has 4 N–H and O–H groups in total. The first-order valence-corrected chi connectivity index (χ1v) is 11.6. The van der Waals surface area contributed by atoms with Crippen molar-refractivity contribution in [2.45, 2.75) is 26.2 Å². The number of hydrogen-bond donors (Lipinski definition) is 4. The number of carbonyl (C=O) groups excluding carboxylic acids is 1. The fourth-order valence-corrected chi connectivity index (χ4v) is 4.59. The summed E-state index contributed by atoms with van der Waals surface area (Å²) in [5.41, 5.74) is 2.83. The number of phenolic OH excluding ortho intramolecular Hbond substituents is 2. The predicted molar refractivity (Wildman–Crippen MR) is 134 cm³/mol. The summed E-state index contributed by atoms with van der Waals surface area (Å²) in [6.45, 7) is 5.16. The second kappa shape index (κ2) is 9.46. The van der Waals surface area contributed by atoms with Crippen molar-refractivity contribution in [3.05, 3.63) is 57.8 Å². The van der Waals surface area contributed by atoms with E-state index in [1.54, 1.807) is 18.0 Å². The highest BCUT2D eigenvalue weighted by Gasteiger charge is 2.34. The molecule has 2 heterocycles. The number of amides is 1. The molecular weight excluding hydrogens is 448 g/mol. The molecule has 4 rings (SSSR count). The summed E-state index contributed by atoms with van der Waals surface area (Å²) in [4.78, 5) is 29.4. The minimum Gasteiger partial charge on any atom is -0.508 e. The molecule has 1 unspecified atom stereocenters. The Balaban J connectivity index is 1.68. The second-order valence-corrected chi connectivity index (χ2v) is 9.27. The van der Waals surface area contributed by atoms with Crippen LogP contribution in [0.4, 0.5) is 0 Å². The Morgan fingerprint density at radius 1 is 1.29 bits per heavy atom. The molecule has 0 saturated heterocycles. The van der Waals surface area contributed by atoms with Crippen LogP contribution in [0.2, 0.25) is 0 Å². The topological polar surface area (TPSA) is 127 Å². The Morgan fingerprint density at radius 2 is 2.03 bits per heavy atom. The SMILES string of the molecule is CNCCN(C)C(=O)C1=CC2CC(n3c(-c4cc(C(C)C)c(O)cc4O)n[nH]c3=O)=CC=C2N1C. The van der Waals surface area contributed by atoms with Crippen molar-refractivity contribution in [3.63, 3.8) is 0 Å². The van der Waals surface area contributed by atoms with Crippen LogP contribution >= 0.6 is 0 Å². The van der Waals surface area contributed by atoms with E-state index in [0.717, 1.165) is 5.70 Å². The first-order valence-electron chi connectivity index (χ1n) is 11.6. The number of hydrogen-bond acceptors (Lipinski definition) is 7. The van der Waals surface area contributed by atoms with Gasteiger partial charge in [-0.25, -0.2) is 14.5 Å². The third kappa shape index (κ3) is 4.37. The Kier molecular flexibility index (Phi) is 6.58. The molecule has 1 aromatic carbocycles. The summed E-state index contributed by atoms with van der Waals surface area (Å²) in [7, 11) is 5.50. The highest BCUT2D eigenvalue weighted by atomic mass is 16.3. The van der Waals surface area contributed by atoms with Gasteiger partial charge in [0.2, 0.25) is 0 Å². The molecule has 1 aliphatic heterocycles. The second-order valence-electron chi connectivity index (χ2n) is 9.27. The average molecular weight is 481 g/mol. The number of fused-ring (bicyclic) bond motifs is 1. The van der Waals surface area contributed by atoms with E-state index in [1.165, 1.54) is 10.6 Å². The van der Waals surface area contributed by atoms with Gasteiger partial charge in [0.25, 0.3) is 5.91 Å². The van der Waals surface area contributed by atoms with Gasteiger partial charge in [-0.3, -0.25) is 4.79 Å². The zero-order chi connectivity index (χ0) is 25.4. The smallest absolute Gasteiger partial charge is 0.347 e. The van der Waals surface area contributed by atoms with Crippen LogP contribution in [0.1, 0.15) is 31.7 Å². The number of aromatic hydroxyl groups is 2. The lowest BCUT2D eigenvalue weighted by molar-refractivity contribution is -0.127. The Hall–Kier alpha value is -3.79. The summed E-state index contributed by atoms with van der Waals surface area (Å²) in [5.74, 6) is -0.0454. The van der Waals surface area contributed by atoms with Gasteiger partial charge in [-0.2, -0.15) is 5.10 Å². The van der Waals surface area contributed by atoms with E-state index in [-0.39, 0.29) is 35.1 Å². The number of carbonyl (C=O) groups is 1. The quantitative estimate of drug-likeness (QED) is 0.478. The van der Waals surface area contributed by atoms with Crippen molar-refractivity contribution >= 4 is 11.6 Å². The summed E-state index contributed by atoms with van der Waals surface area (Å²) in [6, 6.07) is 2.94. The molecule has 0 spiro atoms. The Bertz CT molecular complexity index is 1300. The van der Waals surface area contributed by atoms with E-state index in [0.29, 0.717) is 42.0 Å². The fraction of sp³-hybridized carbons (Fsp3) is 0.400. The number of aromatic nitrogens is 3. The van der Waals surface area contributed by atoms with E-state index in [4.69, 9.17) is 0 Å². The van der Waals surface area contributed by atoms with Gasteiger partial charge < -0.3 is 25.3 Å². The van der Waals surface area contributed by atoms with Crippen molar-refractivity contribution in [2.24, 2.45) is 5.92 Å². The molecule has 186 valence electrons. The first kappa shape index (κ1) is 24.3. The summed E-state index contributed by atoms with van der Waals surface area (Å²) >= 11 is 0. The highest BCUT2D eigenvalue weighted by molar-refractivity contribution is 5.94. The largest absolute Gasteiger partial charge is 0.508 e. The molecule has 1 aromatic heterocycles. The number of rotatable bonds is 7. The lowest BCUT2D eigenvalue weighted by Crippen LogP contribution is -2.36. The van der Waals surface area contributed by atoms with Crippen LogP contribution in [0.25, 0.3) is 17.1 Å². The lowest BCUT2D eigenvalue weighted by Gasteiger charge is -2.26. The first-order chi connectivity index (χ1) is 16.6. The van der Waals surface area contributed by atoms with Gasteiger partial charge in [-0.15, -0.1) is 0 Å². The van der Waals surface area contributed by atoms with E-state index >= 15 is 0 Å². The molecule has 0 bridgehead atoms. The van der Waals surface area contributed by atoms with Crippen molar-refractivity contribution < 1.29 is 15.0 Å². The van der Waals surface area contributed by atoms with Crippen LogP contribution in [0.5, 0.6) is 11.5 Å². The minimum atomic E-state index is -0.430. The van der Waals surface area contributed by atoms with Crippen LogP contribution < -0.4 is 11.0 Å². The predicted octanol–water partition coefficient (Wildman–Crippen LogP) is 2.02. The van der Waals surface area contributed by atoms with Gasteiger partial charge in [-0.1, -0.05) is 13.8 Å². The number of likely N-dealkylation sites (N-methyl/N-ethyl adjacent to an activating group) is 3. The summed E-state index contributed by atoms with van der Waals surface area (Å²) in [5, 5.41) is 30.5. The summed E-state index contributed by atoms with van der Waals surface area (Å²) < 4.78 is 1.44. The molecule has 1 atom stereocenters. The van der Waals surface area contributed by atoms with Crippen molar-refractivity contribution in [2.75, 3.05) is 34.2 Å². The number of allylic oxidation sites excluding steroid dienone is 4. The molecule has 10 heteroatoms. The molecule has 2 aliphatic rings. The number of nitrogens with zero attached hydrogens (tertiary/aromatic N) is 4. The minimum absolute atomic E-state index is 0.00819. The van der Waals surface area contributed by atoms with E-state index in [2.05, 4.69) is 15.5 Å². The lowest BCUT2D eigenvalue weighted by atomic mass is 9.95.